The van der Waals surface area contributed by atoms with Gasteiger partial charge >= 0.3 is 0 Å². The largest absolute Gasteiger partial charge is 0.397 e. The van der Waals surface area contributed by atoms with E-state index in [0.29, 0.717) is 5.69 Å². The van der Waals surface area contributed by atoms with Crippen molar-refractivity contribution in [3.05, 3.63) is 10.9 Å². The molecule has 0 aromatic carbocycles. The molecular weight excluding hydrogens is 252 g/mol. The fraction of sp³-hybridized carbons (Fsp3) is 0.583. The number of carbonyl (C=O) groups is 1. The number of nitrogen functional groups attached to an aromatic ring is 1. The van der Waals surface area contributed by atoms with Crippen molar-refractivity contribution in [2.24, 2.45) is 5.92 Å². The van der Waals surface area contributed by atoms with Gasteiger partial charge in [0.2, 0.25) is 0 Å². The van der Waals surface area contributed by atoms with Crippen LogP contribution in [0, 0.1) is 5.92 Å². The highest BCUT2D eigenvalue weighted by molar-refractivity contribution is 7.99. The number of nitrogens with two attached hydrogens (primary N) is 1. The molecule has 0 atom stereocenters. The maximum Gasteiger partial charge on any atom is 0.178 e. The van der Waals surface area contributed by atoms with Crippen molar-refractivity contribution < 1.29 is 4.79 Å². The summed E-state index contributed by atoms with van der Waals surface area (Å²) in [5.41, 5.74) is 6.65. The van der Waals surface area contributed by atoms with E-state index in [1.807, 2.05) is 17.8 Å². The highest BCUT2D eigenvalue weighted by Crippen LogP contribution is 2.40. The molecule has 5 heteroatoms. The number of rotatable bonds is 3. The second-order valence-corrected chi connectivity index (χ2v) is 6.86. The summed E-state index contributed by atoms with van der Waals surface area (Å²) in [4.78, 5) is 15.2. The van der Waals surface area contributed by atoms with E-state index in [4.69, 9.17) is 5.73 Å². The van der Waals surface area contributed by atoms with E-state index >= 15 is 0 Å². The Morgan fingerprint density at radius 3 is 2.71 bits per heavy atom. The van der Waals surface area contributed by atoms with Gasteiger partial charge in [0.05, 0.1) is 15.6 Å². The molecule has 1 saturated heterocycles. The predicted molar refractivity (Wildman–Crippen MR) is 75.3 cm³/mol. The van der Waals surface area contributed by atoms with Gasteiger partial charge in [-0.15, -0.1) is 11.3 Å². The predicted octanol–water partition coefficient (Wildman–Crippen LogP) is 2.48. The van der Waals surface area contributed by atoms with Crippen LogP contribution in [0.3, 0.4) is 0 Å². The molecule has 92 valence electrons. The third kappa shape index (κ3) is 2.31. The average Bonchev–Trinajstić information content (AvgIpc) is 3.13. The molecule has 1 aliphatic heterocycles. The molecule has 2 N–H and O–H groups in total. The number of Topliss-reactive ketones (excluding diaryl/α,β-unsaturated/α-hetero) is 1. The first-order chi connectivity index (χ1) is 8.25. The third-order valence-corrected chi connectivity index (χ3v) is 5.41. The average molecular weight is 268 g/mol. The van der Waals surface area contributed by atoms with Crippen LogP contribution < -0.4 is 10.6 Å². The Kier molecular flexibility index (Phi) is 3.04. The smallest absolute Gasteiger partial charge is 0.178 e. The second kappa shape index (κ2) is 4.53. The quantitative estimate of drug-likeness (QED) is 0.856. The molecule has 3 rings (SSSR count). The van der Waals surface area contributed by atoms with Gasteiger partial charge in [0, 0.05) is 30.5 Å². The normalized spacial score (nSPS) is 20.6. The summed E-state index contributed by atoms with van der Waals surface area (Å²) in [5.74, 6) is 2.87. The molecule has 2 fully saturated rings. The van der Waals surface area contributed by atoms with Crippen LogP contribution in [-0.4, -0.2) is 30.4 Å². The van der Waals surface area contributed by atoms with Crippen molar-refractivity contribution in [3.63, 3.8) is 0 Å². The Hall–Kier alpha value is -0.680. The van der Waals surface area contributed by atoms with Crippen LogP contribution in [-0.2, 0) is 0 Å². The lowest BCUT2D eigenvalue weighted by Gasteiger charge is -2.26. The first kappa shape index (κ1) is 11.4. The molecule has 0 spiro atoms. The van der Waals surface area contributed by atoms with Crippen LogP contribution in [0.2, 0.25) is 0 Å². The maximum atomic E-state index is 12.0. The van der Waals surface area contributed by atoms with Crippen molar-refractivity contribution in [1.82, 2.24) is 0 Å². The fourth-order valence-electron chi connectivity index (χ4n) is 2.05. The molecule has 0 amide bonds. The fourth-order valence-corrected chi connectivity index (χ4v) is 4.11. The lowest BCUT2D eigenvalue weighted by molar-refractivity contribution is 0.0972. The molecule has 2 aliphatic rings. The van der Waals surface area contributed by atoms with Gasteiger partial charge < -0.3 is 10.6 Å². The van der Waals surface area contributed by atoms with E-state index < -0.39 is 0 Å². The Bertz CT molecular complexity index is 434. The summed E-state index contributed by atoms with van der Waals surface area (Å²) < 4.78 is 0. The molecule has 3 nitrogen and oxygen atoms in total. The van der Waals surface area contributed by atoms with Gasteiger partial charge in [0.25, 0.3) is 0 Å². The Morgan fingerprint density at radius 2 is 2.06 bits per heavy atom. The van der Waals surface area contributed by atoms with Gasteiger partial charge in [-0.3, -0.25) is 4.79 Å². The van der Waals surface area contributed by atoms with E-state index in [-0.39, 0.29) is 11.7 Å². The number of carbonyl (C=O) groups excluding carboxylic acids is 1. The molecule has 0 bridgehead atoms. The summed E-state index contributed by atoms with van der Waals surface area (Å²) in [5, 5.41) is 1.17. The van der Waals surface area contributed by atoms with Gasteiger partial charge in [0.15, 0.2) is 5.78 Å². The monoisotopic (exact) mass is 268 g/mol. The van der Waals surface area contributed by atoms with Crippen molar-refractivity contribution in [1.29, 1.82) is 0 Å². The van der Waals surface area contributed by atoms with Crippen LogP contribution in [0.15, 0.2) is 6.07 Å². The van der Waals surface area contributed by atoms with Crippen LogP contribution in [0.5, 0.6) is 0 Å². The highest BCUT2D eigenvalue weighted by atomic mass is 32.2. The molecule has 1 aromatic heterocycles. The highest BCUT2D eigenvalue weighted by Gasteiger charge is 2.33. The number of nitrogens with zero attached hydrogens (tertiary/aromatic N) is 1. The van der Waals surface area contributed by atoms with Gasteiger partial charge in [-0.05, 0) is 18.9 Å². The number of anilines is 2. The topological polar surface area (TPSA) is 46.3 Å². The summed E-state index contributed by atoms with van der Waals surface area (Å²) in [6, 6.07) is 1.98. The summed E-state index contributed by atoms with van der Waals surface area (Å²) in [6.07, 6.45) is 2.09. The standard InChI is InChI=1S/C12H16N2OS2/c13-9-7-10(14-3-5-16-6-4-14)17-12(9)11(15)8-1-2-8/h7-8H,1-6,13H2. The summed E-state index contributed by atoms with van der Waals surface area (Å²) in [6.45, 7) is 2.14. The lowest BCUT2D eigenvalue weighted by Crippen LogP contribution is -2.31. The van der Waals surface area contributed by atoms with Gasteiger partial charge in [0.1, 0.15) is 0 Å². The van der Waals surface area contributed by atoms with E-state index in [1.165, 1.54) is 16.5 Å². The lowest BCUT2D eigenvalue weighted by atomic mass is 10.2. The molecule has 2 heterocycles. The molecule has 1 saturated carbocycles. The van der Waals surface area contributed by atoms with Crippen LogP contribution >= 0.6 is 23.1 Å². The zero-order valence-electron chi connectivity index (χ0n) is 9.65. The second-order valence-electron chi connectivity index (χ2n) is 4.61. The SMILES string of the molecule is Nc1cc(N2CCSCC2)sc1C(=O)C1CC1. The Balaban J connectivity index is 1.81. The number of hydrogen-bond acceptors (Lipinski definition) is 5. The third-order valence-electron chi connectivity index (χ3n) is 3.24. The molecule has 0 radical (unpaired) electrons. The minimum atomic E-state index is 0.265. The van der Waals surface area contributed by atoms with Crippen LogP contribution in [0.25, 0.3) is 0 Å². The number of ketones is 1. The van der Waals surface area contributed by atoms with Crippen molar-refractivity contribution in [2.45, 2.75) is 12.8 Å². The van der Waals surface area contributed by atoms with E-state index in [0.717, 1.165) is 30.8 Å². The van der Waals surface area contributed by atoms with E-state index in [9.17, 15) is 4.79 Å². The first-order valence-electron chi connectivity index (χ1n) is 6.02. The summed E-state index contributed by atoms with van der Waals surface area (Å²) in [7, 11) is 0. The van der Waals surface area contributed by atoms with Crippen molar-refractivity contribution in [3.8, 4) is 0 Å². The maximum absolute atomic E-state index is 12.0. The van der Waals surface area contributed by atoms with Gasteiger partial charge in [-0.25, -0.2) is 0 Å². The Labute approximate surface area is 109 Å². The number of hydrogen-bond donors (Lipinski definition) is 1. The van der Waals surface area contributed by atoms with Crippen molar-refractivity contribution in [2.75, 3.05) is 35.2 Å². The number of thioether (sulfide) groups is 1. The molecule has 17 heavy (non-hydrogen) atoms. The van der Waals surface area contributed by atoms with Gasteiger partial charge in [-0.2, -0.15) is 11.8 Å². The zero-order valence-corrected chi connectivity index (χ0v) is 11.3. The minimum absolute atomic E-state index is 0.265. The number of thiophene rings is 1. The van der Waals surface area contributed by atoms with E-state index in [1.54, 1.807) is 11.3 Å². The van der Waals surface area contributed by atoms with E-state index in [2.05, 4.69) is 4.90 Å². The van der Waals surface area contributed by atoms with Crippen LogP contribution in [0.4, 0.5) is 10.7 Å². The molecular formula is C12H16N2OS2. The molecule has 1 aromatic rings. The minimum Gasteiger partial charge on any atom is -0.397 e. The molecule has 1 aliphatic carbocycles. The van der Waals surface area contributed by atoms with Crippen molar-refractivity contribution >= 4 is 39.6 Å². The van der Waals surface area contributed by atoms with Crippen LogP contribution in [0.1, 0.15) is 22.5 Å². The summed E-state index contributed by atoms with van der Waals surface area (Å²) >= 11 is 3.57. The first-order valence-corrected chi connectivity index (χ1v) is 7.99. The van der Waals surface area contributed by atoms with Gasteiger partial charge in [-0.1, -0.05) is 0 Å². The Morgan fingerprint density at radius 1 is 1.35 bits per heavy atom. The zero-order chi connectivity index (χ0) is 11.8. The molecule has 0 unspecified atom stereocenters.